The van der Waals surface area contributed by atoms with Crippen molar-refractivity contribution in [2.24, 2.45) is 0 Å². The third kappa shape index (κ3) is 10.0. The molecule has 1 aromatic rings. The lowest BCUT2D eigenvalue weighted by molar-refractivity contribution is 0.201. The summed E-state index contributed by atoms with van der Waals surface area (Å²) in [5.41, 5.74) is 1.21. The van der Waals surface area contributed by atoms with Crippen molar-refractivity contribution in [2.75, 3.05) is 13.2 Å². The molecule has 0 saturated heterocycles. The minimum atomic E-state index is -1.67. The van der Waals surface area contributed by atoms with Crippen molar-refractivity contribution in [1.82, 2.24) is 0 Å². The highest BCUT2D eigenvalue weighted by molar-refractivity contribution is 8.26. The fraction of sp³-hybridized carbons (Fsp3) is 0.333. The van der Waals surface area contributed by atoms with Crippen molar-refractivity contribution in [2.45, 2.75) is 6.92 Å². The summed E-state index contributed by atoms with van der Waals surface area (Å²) >= 11 is 0. The van der Waals surface area contributed by atoms with E-state index in [1.807, 2.05) is 31.2 Å². The molecule has 0 spiro atoms. The van der Waals surface area contributed by atoms with Gasteiger partial charge >= 0.3 is 0 Å². The van der Waals surface area contributed by atoms with Gasteiger partial charge in [-0.2, -0.15) is 0 Å². The van der Waals surface area contributed by atoms with Gasteiger partial charge in [0.15, 0.2) is 0 Å². The quantitative estimate of drug-likeness (QED) is 0.859. The lowest BCUT2D eigenvalue weighted by Crippen LogP contribution is -2.01. The molecule has 6 heteroatoms. The highest BCUT2D eigenvalue weighted by atomic mass is 36.0. The summed E-state index contributed by atoms with van der Waals surface area (Å²) in [6.45, 7) is 2.45. The molecule has 1 aromatic carbocycles. The van der Waals surface area contributed by atoms with E-state index in [9.17, 15) is 0 Å². The molecule has 0 atom stereocenters. The molecule has 86 valence electrons. The van der Waals surface area contributed by atoms with Crippen molar-refractivity contribution in [3.05, 3.63) is 29.8 Å². The van der Waals surface area contributed by atoms with E-state index in [0.717, 1.165) is 5.75 Å². The Hall–Kier alpha value is -0.290. The first-order chi connectivity index (χ1) is 7.06. The second kappa shape index (κ2) is 8.97. The Balaban J connectivity index is 0.000000423. The lowest BCUT2D eigenvalue weighted by atomic mass is 10.2. The molecule has 1 rings (SSSR count). The Morgan fingerprint density at radius 3 is 2.20 bits per heavy atom. The van der Waals surface area contributed by atoms with Crippen molar-refractivity contribution in [3.8, 4) is 5.75 Å². The second-order valence-corrected chi connectivity index (χ2v) is 5.09. The first kappa shape index (κ1) is 14.7. The number of halogens is 2. The van der Waals surface area contributed by atoms with Crippen LogP contribution in [0.3, 0.4) is 0 Å². The van der Waals surface area contributed by atoms with Crippen LogP contribution in [0.15, 0.2) is 24.3 Å². The van der Waals surface area contributed by atoms with Crippen molar-refractivity contribution >= 4 is 30.6 Å². The van der Waals surface area contributed by atoms with Crippen LogP contribution in [0.25, 0.3) is 0 Å². The molecule has 0 bridgehead atoms. The Bertz CT molecular complexity index is 286. The fourth-order valence-corrected chi connectivity index (χ4v) is 0.798. The smallest absolute Gasteiger partial charge is 0.211 e. The molecule has 3 nitrogen and oxygen atoms in total. The third-order valence-electron chi connectivity index (χ3n) is 1.38. The molecular weight excluding hydrogens is 259 g/mol. The Morgan fingerprint density at radius 1 is 1.33 bits per heavy atom. The van der Waals surface area contributed by atoms with E-state index in [2.05, 4.69) is 21.4 Å². The summed E-state index contributed by atoms with van der Waals surface area (Å²) < 4.78 is 14.2. The average Bonchev–Trinajstić information content (AvgIpc) is 2.16. The van der Waals surface area contributed by atoms with Crippen LogP contribution in [-0.2, 0) is 9.23 Å². The van der Waals surface area contributed by atoms with E-state index < -0.39 is 9.23 Å². The Morgan fingerprint density at radius 2 is 1.80 bits per heavy atom. The van der Waals surface area contributed by atoms with Crippen molar-refractivity contribution in [1.29, 1.82) is 0 Å². The number of ether oxygens (including phenoxy) is 1. The molecular formula is C9H12Cl2O3S. The average molecular weight is 271 g/mol. The zero-order valence-corrected chi connectivity index (χ0v) is 10.5. The van der Waals surface area contributed by atoms with Gasteiger partial charge in [0.1, 0.15) is 12.4 Å². The van der Waals surface area contributed by atoms with E-state index in [1.54, 1.807) is 0 Å². The van der Waals surface area contributed by atoms with Crippen LogP contribution in [0.2, 0.25) is 0 Å². The molecule has 0 aliphatic rings. The first-order valence-electron chi connectivity index (χ1n) is 4.11. The topological polar surface area (TPSA) is 46.5 Å². The molecule has 0 heterocycles. The van der Waals surface area contributed by atoms with Gasteiger partial charge in [0.05, 0.1) is 6.61 Å². The van der Waals surface area contributed by atoms with E-state index in [0.29, 0.717) is 6.61 Å². The van der Waals surface area contributed by atoms with Crippen molar-refractivity contribution in [3.63, 3.8) is 0 Å². The van der Waals surface area contributed by atoms with E-state index in [4.69, 9.17) is 14.1 Å². The van der Waals surface area contributed by atoms with Crippen LogP contribution in [0.1, 0.15) is 5.56 Å². The van der Waals surface area contributed by atoms with E-state index >= 15 is 0 Å². The predicted octanol–water partition coefficient (Wildman–Crippen LogP) is 2.41. The summed E-state index contributed by atoms with van der Waals surface area (Å²) in [4.78, 5) is 0. The summed E-state index contributed by atoms with van der Waals surface area (Å²) in [6.07, 6.45) is 0. The highest BCUT2D eigenvalue weighted by Gasteiger charge is 1.90. The number of rotatable bonds is 3. The molecule has 1 N–H and O–H groups in total. The maximum atomic E-state index is 9.09. The van der Waals surface area contributed by atoms with Crippen LogP contribution in [0.5, 0.6) is 5.75 Å². The molecule has 0 fully saturated rings. The van der Waals surface area contributed by atoms with E-state index in [-0.39, 0.29) is 6.61 Å². The fourth-order valence-electron chi connectivity index (χ4n) is 0.798. The monoisotopic (exact) mass is 270 g/mol. The molecule has 0 unspecified atom stereocenters. The van der Waals surface area contributed by atoms with Crippen LogP contribution < -0.4 is 4.74 Å². The van der Waals surface area contributed by atoms with Gasteiger partial charge in [-0.15, -0.1) is 0 Å². The zero-order valence-electron chi connectivity index (χ0n) is 8.15. The Kier molecular flexibility index (Phi) is 8.80. The van der Waals surface area contributed by atoms with Gasteiger partial charge in [0.2, 0.25) is 9.23 Å². The number of hydrogen-bond acceptors (Lipinski definition) is 3. The number of aliphatic hydroxyl groups is 1. The number of aliphatic hydroxyl groups excluding tert-OH is 1. The van der Waals surface area contributed by atoms with Gasteiger partial charge in [0.25, 0.3) is 0 Å². The second-order valence-electron chi connectivity index (χ2n) is 2.57. The van der Waals surface area contributed by atoms with Crippen LogP contribution >= 0.6 is 21.4 Å². The minimum Gasteiger partial charge on any atom is -0.491 e. The van der Waals surface area contributed by atoms with Crippen LogP contribution in [0, 0.1) is 6.92 Å². The van der Waals surface area contributed by atoms with Crippen LogP contribution in [0.4, 0.5) is 0 Å². The normalized spacial score (nSPS) is 9.40. The molecule has 0 saturated carbocycles. The number of aryl methyl sites for hydroxylation is 1. The number of hydrogen-bond donors (Lipinski definition) is 1. The Labute approximate surface area is 100 Å². The summed E-state index contributed by atoms with van der Waals surface area (Å²) in [6, 6.07) is 7.75. The lowest BCUT2D eigenvalue weighted by Gasteiger charge is -2.02. The molecule has 0 aliphatic carbocycles. The van der Waals surface area contributed by atoms with Gasteiger partial charge in [-0.3, -0.25) is 0 Å². The maximum absolute atomic E-state index is 9.09. The molecule has 0 radical (unpaired) electrons. The minimum absolute atomic E-state index is 0.0634. The zero-order chi connectivity index (χ0) is 11.7. The predicted molar refractivity (Wildman–Crippen MR) is 63.6 cm³/mol. The van der Waals surface area contributed by atoms with Gasteiger partial charge in [-0.05, 0) is 19.1 Å². The van der Waals surface area contributed by atoms with Crippen LogP contribution in [-0.4, -0.2) is 22.5 Å². The molecule has 0 aromatic heterocycles. The van der Waals surface area contributed by atoms with Gasteiger partial charge in [0, 0.05) is 21.4 Å². The molecule has 0 aliphatic heterocycles. The van der Waals surface area contributed by atoms with Gasteiger partial charge in [-0.1, -0.05) is 17.7 Å². The van der Waals surface area contributed by atoms with Gasteiger partial charge < -0.3 is 9.84 Å². The van der Waals surface area contributed by atoms with E-state index in [1.165, 1.54) is 5.56 Å². The maximum Gasteiger partial charge on any atom is 0.211 e. The molecule has 0 amide bonds. The molecule has 15 heavy (non-hydrogen) atoms. The summed E-state index contributed by atoms with van der Waals surface area (Å²) in [7, 11) is 7.36. The third-order valence-corrected chi connectivity index (χ3v) is 1.38. The highest BCUT2D eigenvalue weighted by Crippen LogP contribution is 2.10. The summed E-state index contributed by atoms with van der Waals surface area (Å²) in [5, 5.41) is 8.46. The van der Waals surface area contributed by atoms with Gasteiger partial charge in [-0.25, -0.2) is 4.21 Å². The van der Waals surface area contributed by atoms with Crippen molar-refractivity contribution < 1.29 is 14.1 Å². The standard InChI is InChI=1S/C9H12O2.Cl2OS/c1-8-2-4-9(5-3-8)11-7-6-10;1-4(2)3/h2-5,10H,6-7H2,1H3;. The number of benzene rings is 1. The largest absolute Gasteiger partial charge is 0.491 e. The SMILES string of the molecule is Cc1ccc(OCCO)cc1.O=S(Cl)Cl. The first-order valence-corrected chi connectivity index (χ1v) is 6.91. The summed E-state index contributed by atoms with van der Waals surface area (Å²) in [5.74, 6) is 0.810.